The summed E-state index contributed by atoms with van der Waals surface area (Å²) in [5.41, 5.74) is 1.64. The van der Waals surface area contributed by atoms with E-state index in [2.05, 4.69) is 4.90 Å². The second-order valence-electron chi connectivity index (χ2n) is 11.5. The van der Waals surface area contributed by atoms with Gasteiger partial charge in [-0.25, -0.2) is 4.79 Å². The summed E-state index contributed by atoms with van der Waals surface area (Å²) in [6, 6.07) is 18.4. The van der Waals surface area contributed by atoms with Crippen molar-refractivity contribution in [1.29, 1.82) is 0 Å². The van der Waals surface area contributed by atoms with Gasteiger partial charge < -0.3 is 39.7 Å². The van der Waals surface area contributed by atoms with Crippen molar-refractivity contribution in [2.24, 2.45) is 0 Å². The Kier molecular flexibility index (Phi) is 9.54. The fraction of sp³-hybridized carbons (Fsp3) is 0.353. The van der Waals surface area contributed by atoms with E-state index in [1.54, 1.807) is 66.7 Å². The first-order valence-electron chi connectivity index (χ1n) is 15.1. The lowest BCUT2D eigenvalue weighted by molar-refractivity contribution is -0.271. The highest BCUT2D eigenvalue weighted by atomic mass is 32.1. The highest BCUT2D eigenvalue weighted by Gasteiger charge is 2.48. The molecule has 3 aromatic carbocycles. The molecule has 0 radical (unpaired) electrons. The molecule has 0 spiro atoms. The zero-order valence-electron chi connectivity index (χ0n) is 24.8. The van der Waals surface area contributed by atoms with Crippen LogP contribution >= 0.6 is 11.3 Å². The van der Waals surface area contributed by atoms with E-state index in [1.807, 2.05) is 0 Å². The highest BCUT2D eigenvalue weighted by molar-refractivity contribution is 7.22. The van der Waals surface area contributed by atoms with Crippen LogP contribution in [0.15, 0.2) is 66.7 Å². The molecule has 2 aliphatic heterocycles. The molecule has 0 aliphatic carbocycles. The number of carboxylic acids is 1. The lowest BCUT2D eigenvalue weighted by atomic mass is 9.97. The third kappa shape index (κ3) is 6.73. The maximum atomic E-state index is 14.0. The number of phenols is 1. The third-order valence-electron chi connectivity index (χ3n) is 8.32. The molecule has 2 aliphatic rings. The number of hydrogen-bond donors (Lipinski definition) is 5. The normalized spacial score (nSPS) is 23.7. The van der Waals surface area contributed by atoms with Crippen LogP contribution < -0.4 is 9.47 Å². The standard InChI is InChI=1S/C34H35NO10S/c36-21-8-4-20(5-9-21)32-26(27(37)19-6-10-22(11-7-19)43-17-16-35-14-2-1-3-15-35)24-13-12-23(18-25(24)46-32)44-34-30(40)28(38)29(39)31(45-34)33(41)42/h4-13,18,28-31,34,36,38-40H,1-3,14-17H2,(H,41,42)/t28-,29-,30+,31-,34?/m1/s1. The Bertz CT molecular complexity index is 1680. The molecule has 5 atom stereocenters. The Labute approximate surface area is 268 Å². The number of rotatable bonds is 10. The van der Waals surface area contributed by atoms with Gasteiger partial charge in [0.2, 0.25) is 6.29 Å². The second-order valence-corrected chi connectivity index (χ2v) is 12.5. The van der Waals surface area contributed by atoms with Gasteiger partial charge in [-0.3, -0.25) is 9.69 Å². The summed E-state index contributed by atoms with van der Waals surface area (Å²) in [5.74, 6) is -0.774. The van der Waals surface area contributed by atoms with Crippen molar-refractivity contribution in [3.8, 4) is 27.7 Å². The summed E-state index contributed by atoms with van der Waals surface area (Å²) in [6.45, 7) is 3.61. The van der Waals surface area contributed by atoms with E-state index in [-0.39, 0.29) is 17.3 Å². The van der Waals surface area contributed by atoms with Crippen LogP contribution in [0.5, 0.6) is 17.2 Å². The molecule has 242 valence electrons. The molecule has 4 aromatic rings. The number of likely N-dealkylation sites (tertiary alicyclic amines) is 1. The van der Waals surface area contributed by atoms with Crippen LogP contribution in [-0.2, 0) is 9.53 Å². The number of carbonyl (C=O) groups excluding carboxylic acids is 1. The van der Waals surface area contributed by atoms with Gasteiger partial charge in [-0.15, -0.1) is 11.3 Å². The number of ether oxygens (including phenoxy) is 3. The number of phenolic OH excluding ortho intramolecular Hbond substituents is 1. The number of benzene rings is 3. The summed E-state index contributed by atoms with van der Waals surface area (Å²) >= 11 is 1.32. The minimum atomic E-state index is -1.84. The zero-order chi connectivity index (χ0) is 32.4. The molecule has 11 nitrogen and oxygen atoms in total. The Balaban J connectivity index is 1.26. The van der Waals surface area contributed by atoms with Gasteiger partial charge in [-0.2, -0.15) is 0 Å². The lowest BCUT2D eigenvalue weighted by Crippen LogP contribution is -2.61. The minimum Gasteiger partial charge on any atom is -0.508 e. The number of aliphatic hydroxyl groups is 3. The Morgan fingerprint density at radius 2 is 1.57 bits per heavy atom. The van der Waals surface area contributed by atoms with Gasteiger partial charge in [0.25, 0.3) is 0 Å². The Morgan fingerprint density at radius 1 is 0.870 bits per heavy atom. The fourth-order valence-electron chi connectivity index (χ4n) is 5.80. The molecular weight excluding hydrogens is 614 g/mol. The summed E-state index contributed by atoms with van der Waals surface area (Å²) in [7, 11) is 0. The molecule has 2 fully saturated rings. The van der Waals surface area contributed by atoms with Gasteiger partial charge in [-0.05, 0) is 98.2 Å². The SMILES string of the molecule is O=C(c1ccc(OCCN2CCCCC2)cc1)c1c(-c2ccc(O)cc2)sc2cc(OC3O[C@@H](C(=O)O)[C@H](O)[C@@H](O)[C@@H]3O)ccc12. The minimum absolute atomic E-state index is 0.0855. The molecular formula is C34H35NO10S. The monoisotopic (exact) mass is 649 g/mol. The Hall–Kier alpha value is -4.04. The number of fused-ring (bicyclic) bond motifs is 1. The summed E-state index contributed by atoms with van der Waals surface area (Å²) < 4.78 is 17.6. The molecule has 46 heavy (non-hydrogen) atoms. The number of ketones is 1. The highest BCUT2D eigenvalue weighted by Crippen LogP contribution is 2.42. The third-order valence-corrected chi connectivity index (χ3v) is 9.53. The van der Waals surface area contributed by atoms with Crippen LogP contribution in [0, 0.1) is 0 Å². The topological polar surface area (TPSA) is 166 Å². The number of hydrogen-bond acceptors (Lipinski definition) is 11. The van der Waals surface area contributed by atoms with Gasteiger partial charge in [0.15, 0.2) is 11.9 Å². The maximum Gasteiger partial charge on any atom is 0.335 e. The molecule has 0 saturated carbocycles. The molecule has 12 heteroatoms. The Morgan fingerprint density at radius 3 is 2.26 bits per heavy atom. The van der Waals surface area contributed by atoms with Crippen LogP contribution in [0.25, 0.3) is 20.5 Å². The van der Waals surface area contributed by atoms with Gasteiger partial charge >= 0.3 is 5.97 Å². The number of aliphatic carboxylic acids is 1. The predicted octanol–water partition coefficient (Wildman–Crippen LogP) is 3.64. The van der Waals surface area contributed by atoms with Gasteiger partial charge in [0.1, 0.15) is 42.2 Å². The summed E-state index contributed by atoms with van der Waals surface area (Å²) in [6.07, 6.45) is -5.02. The van der Waals surface area contributed by atoms with E-state index in [0.717, 1.165) is 25.2 Å². The number of thiophene rings is 1. The number of aliphatic hydroxyl groups excluding tert-OH is 3. The van der Waals surface area contributed by atoms with Crippen molar-refractivity contribution in [1.82, 2.24) is 4.90 Å². The van der Waals surface area contributed by atoms with Crippen molar-refractivity contribution in [2.45, 2.75) is 50.0 Å². The molecule has 0 bridgehead atoms. The van der Waals surface area contributed by atoms with Crippen LogP contribution in [-0.4, -0.2) is 99.1 Å². The summed E-state index contributed by atoms with van der Waals surface area (Å²) in [5, 5.41) is 50.4. The zero-order valence-corrected chi connectivity index (χ0v) is 25.6. The largest absolute Gasteiger partial charge is 0.508 e. The first-order valence-corrected chi connectivity index (χ1v) is 16.0. The number of piperidine rings is 1. The van der Waals surface area contributed by atoms with Crippen LogP contribution in [0.2, 0.25) is 0 Å². The van der Waals surface area contributed by atoms with Gasteiger partial charge in [0, 0.05) is 32.6 Å². The average molecular weight is 650 g/mol. The number of nitrogens with zero attached hydrogens (tertiary/aromatic N) is 1. The lowest BCUT2D eigenvalue weighted by Gasteiger charge is -2.38. The van der Waals surface area contributed by atoms with Crippen molar-refractivity contribution in [2.75, 3.05) is 26.2 Å². The smallest absolute Gasteiger partial charge is 0.335 e. The molecule has 3 heterocycles. The fourth-order valence-corrected chi connectivity index (χ4v) is 7.03. The van der Waals surface area contributed by atoms with Gasteiger partial charge in [-0.1, -0.05) is 6.42 Å². The molecule has 5 N–H and O–H groups in total. The second kappa shape index (κ2) is 13.8. The van der Waals surface area contributed by atoms with E-state index < -0.39 is 36.7 Å². The molecule has 1 aromatic heterocycles. The van der Waals surface area contributed by atoms with Crippen LogP contribution in [0.1, 0.15) is 35.2 Å². The van der Waals surface area contributed by atoms with Crippen molar-refractivity contribution in [3.63, 3.8) is 0 Å². The summed E-state index contributed by atoms with van der Waals surface area (Å²) in [4.78, 5) is 28.6. The molecule has 2 saturated heterocycles. The van der Waals surface area contributed by atoms with E-state index in [4.69, 9.17) is 14.2 Å². The van der Waals surface area contributed by atoms with Crippen molar-refractivity contribution in [3.05, 3.63) is 77.9 Å². The maximum absolute atomic E-state index is 14.0. The average Bonchev–Trinajstić information content (AvgIpc) is 3.44. The number of carboxylic acid groups (broad SMARTS) is 1. The van der Waals surface area contributed by atoms with E-state index in [9.17, 15) is 35.1 Å². The van der Waals surface area contributed by atoms with E-state index >= 15 is 0 Å². The molecule has 6 rings (SSSR count). The van der Waals surface area contributed by atoms with Crippen molar-refractivity contribution >= 4 is 33.2 Å². The van der Waals surface area contributed by atoms with Crippen LogP contribution in [0.4, 0.5) is 0 Å². The van der Waals surface area contributed by atoms with E-state index in [0.29, 0.717) is 38.4 Å². The van der Waals surface area contributed by atoms with E-state index in [1.165, 1.54) is 30.6 Å². The molecule has 1 unspecified atom stereocenters. The first kappa shape index (κ1) is 31.9. The van der Waals surface area contributed by atoms with Gasteiger partial charge in [0.05, 0.1) is 0 Å². The number of aromatic hydroxyl groups is 1. The van der Waals surface area contributed by atoms with Crippen LogP contribution in [0.3, 0.4) is 0 Å². The first-order chi connectivity index (χ1) is 22.2. The quantitative estimate of drug-likeness (QED) is 0.159. The number of carbonyl (C=O) groups is 2. The predicted molar refractivity (Wildman–Crippen MR) is 170 cm³/mol. The van der Waals surface area contributed by atoms with Crippen molar-refractivity contribution < 1.29 is 49.3 Å². The molecule has 0 amide bonds.